The molecule has 0 spiro atoms. The molecule has 27 heavy (non-hydrogen) atoms. The normalized spacial score (nSPS) is 11.8. The van der Waals surface area contributed by atoms with Crippen molar-refractivity contribution in [3.8, 4) is 0 Å². The Morgan fingerprint density at radius 1 is 1.30 bits per heavy atom. The molecule has 0 saturated heterocycles. The van der Waals surface area contributed by atoms with Crippen molar-refractivity contribution in [2.45, 2.75) is 12.5 Å². The van der Waals surface area contributed by atoms with E-state index in [1.165, 1.54) is 24.7 Å². The molecule has 2 aromatic heterocycles. The number of nitrogens with one attached hydrogen (secondary N) is 2. The minimum absolute atomic E-state index is 0.0406. The second-order valence-electron chi connectivity index (χ2n) is 5.94. The first-order valence-electron chi connectivity index (χ1n) is 8.37. The van der Waals surface area contributed by atoms with Crippen molar-refractivity contribution in [2.75, 3.05) is 6.54 Å². The maximum atomic E-state index is 14.3. The molecule has 3 rings (SSSR count). The summed E-state index contributed by atoms with van der Waals surface area (Å²) in [4.78, 5) is 28.4. The van der Waals surface area contributed by atoms with Gasteiger partial charge in [-0.3, -0.25) is 9.59 Å². The molecule has 8 heteroatoms. The zero-order chi connectivity index (χ0) is 19.2. The fourth-order valence-electron chi connectivity index (χ4n) is 2.66. The Bertz CT molecular complexity index is 921. The van der Waals surface area contributed by atoms with Crippen molar-refractivity contribution in [3.05, 3.63) is 78.0 Å². The number of furan rings is 1. The lowest BCUT2D eigenvalue weighted by atomic mass is 10.1. The first-order chi connectivity index (χ1) is 13.1. The maximum Gasteiger partial charge on any atom is 0.254 e. The Morgan fingerprint density at radius 3 is 2.78 bits per heavy atom. The minimum Gasteiger partial charge on any atom is -0.472 e. The number of halogens is 1. The highest BCUT2D eigenvalue weighted by Crippen LogP contribution is 2.23. The molecule has 0 radical (unpaired) electrons. The molecule has 140 valence electrons. The van der Waals surface area contributed by atoms with Crippen molar-refractivity contribution in [2.24, 2.45) is 7.05 Å². The molecule has 0 aliphatic heterocycles. The molecule has 2 N–H and O–H groups in total. The van der Waals surface area contributed by atoms with Crippen LogP contribution in [0.2, 0.25) is 0 Å². The summed E-state index contributed by atoms with van der Waals surface area (Å²) in [5.74, 6) is -0.583. The Hall–Kier alpha value is -3.42. The largest absolute Gasteiger partial charge is 0.472 e. The van der Waals surface area contributed by atoms with E-state index < -0.39 is 11.9 Å². The highest BCUT2D eigenvalue weighted by Gasteiger charge is 2.23. The van der Waals surface area contributed by atoms with Crippen LogP contribution in [0.5, 0.6) is 0 Å². The van der Waals surface area contributed by atoms with Gasteiger partial charge < -0.3 is 19.6 Å². The summed E-state index contributed by atoms with van der Waals surface area (Å²) >= 11 is 0. The Balaban J connectivity index is 1.66. The predicted molar refractivity (Wildman–Crippen MR) is 95.3 cm³/mol. The van der Waals surface area contributed by atoms with E-state index in [-0.39, 0.29) is 24.8 Å². The molecular formula is C19H19FN4O3. The average molecular weight is 370 g/mol. The second kappa shape index (κ2) is 8.31. The quantitative estimate of drug-likeness (QED) is 0.667. The topological polar surface area (TPSA) is 89.2 Å². The third kappa shape index (κ3) is 4.41. The van der Waals surface area contributed by atoms with Crippen LogP contribution in [0.1, 0.15) is 34.2 Å². The van der Waals surface area contributed by atoms with Gasteiger partial charge in [-0.2, -0.15) is 0 Å². The number of carbonyl (C=O) groups is 2. The van der Waals surface area contributed by atoms with Gasteiger partial charge in [0.05, 0.1) is 11.8 Å². The predicted octanol–water partition coefficient (Wildman–Crippen LogP) is 2.18. The standard InChI is InChI=1S/C19H19FN4O3/c1-24-10-9-21-18(24)17(14-4-2-3-5-15(14)20)23-16(25)6-8-22-19(26)13-7-11-27-12-13/h2-5,7,9-12,17H,6,8H2,1H3,(H,22,26)(H,23,25). The van der Waals surface area contributed by atoms with Crippen molar-refractivity contribution >= 4 is 11.8 Å². The number of nitrogens with zero attached hydrogens (tertiary/aromatic N) is 2. The van der Waals surface area contributed by atoms with Crippen molar-refractivity contribution in [3.63, 3.8) is 0 Å². The average Bonchev–Trinajstić information content (AvgIpc) is 3.32. The summed E-state index contributed by atoms with van der Waals surface area (Å²) in [6.07, 6.45) is 6.07. The Kier molecular flexibility index (Phi) is 5.65. The zero-order valence-electron chi connectivity index (χ0n) is 14.7. The van der Waals surface area contributed by atoms with E-state index in [1.807, 2.05) is 0 Å². The lowest BCUT2D eigenvalue weighted by molar-refractivity contribution is -0.121. The molecule has 0 saturated carbocycles. The monoisotopic (exact) mass is 370 g/mol. The minimum atomic E-state index is -0.733. The van der Waals surface area contributed by atoms with Gasteiger partial charge in [-0.25, -0.2) is 9.37 Å². The van der Waals surface area contributed by atoms with Gasteiger partial charge in [0, 0.05) is 38.0 Å². The SMILES string of the molecule is Cn1ccnc1C(NC(=O)CCNC(=O)c1ccoc1)c1ccccc1F. The van der Waals surface area contributed by atoms with Gasteiger partial charge >= 0.3 is 0 Å². The molecule has 2 amide bonds. The first-order valence-corrected chi connectivity index (χ1v) is 8.37. The molecule has 0 aliphatic rings. The van der Waals surface area contributed by atoms with E-state index in [2.05, 4.69) is 15.6 Å². The second-order valence-corrected chi connectivity index (χ2v) is 5.94. The van der Waals surface area contributed by atoms with Crippen LogP contribution < -0.4 is 10.6 Å². The van der Waals surface area contributed by atoms with Crippen molar-refractivity contribution in [1.29, 1.82) is 0 Å². The van der Waals surface area contributed by atoms with Crippen LogP contribution in [-0.2, 0) is 11.8 Å². The van der Waals surface area contributed by atoms with Gasteiger partial charge in [-0.15, -0.1) is 0 Å². The van der Waals surface area contributed by atoms with Gasteiger partial charge in [0.25, 0.3) is 5.91 Å². The van der Waals surface area contributed by atoms with Gasteiger partial charge in [0.1, 0.15) is 23.9 Å². The smallest absolute Gasteiger partial charge is 0.254 e. The van der Waals surface area contributed by atoms with E-state index in [0.717, 1.165) is 0 Å². The van der Waals surface area contributed by atoms with Crippen LogP contribution in [-0.4, -0.2) is 27.9 Å². The number of aryl methyl sites for hydroxylation is 1. The molecule has 1 aromatic carbocycles. The highest BCUT2D eigenvalue weighted by molar-refractivity contribution is 5.94. The maximum absolute atomic E-state index is 14.3. The summed E-state index contributed by atoms with van der Waals surface area (Å²) in [6, 6.07) is 7.03. The fraction of sp³-hybridized carbons (Fsp3) is 0.211. The molecule has 2 heterocycles. The molecule has 0 fully saturated rings. The molecule has 0 bridgehead atoms. The summed E-state index contributed by atoms with van der Waals surface area (Å²) in [7, 11) is 1.77. The number of amides is 2. The third-order valence-electron chi connectivity index (χ3n) is 4.06. The van der Waals surface area contributed by atoms with Crippen LogP contribution in [0.4, 0.5) is 4.39 Å². The lowest BCUT2D eigenvalue weighted by Crippen LogP contribution is -2.34. The first kappa shape index (κ1) is 18.4. The number of hydrogen-bond acceptors (Lipinski definition) is 4. The van der Waals surface area contributed by atoms with Crippen molar-refractivity contribution < 1.29 is 18.4 Å². The molecule has 7 nitrogen and oxygen atoms in total. The summed E-state index contributed by atoms with van der Waals surface area (Å²) in [5, 5.41) is 5.43. The van der Waals surface area contributed by atoms with Gasteiger partial charge in [-0.1, -0.05) is 18.2 Å². The van der Waals surface area contributed by atoms with Crippen LogP contribution >= 0.6 is 0 Å². The van der Waals surface area contributed by atoms with Crippen molar-refractivity contribution in [1.82, 2.24) is 20.2 Å². The van der Waals surface area contributed by atoms with Crippen LogP contribution in [0, 0.1) is 5.82 Å². The summed E-state index contributed by atoms with van der Waals surface area (Å²) in [5.41, 5.74) is 0.704. The van der Waals surface area contributed by atoms with Gasteiger partial charge in [0.15, 0.2) is 0 Å². The van der Waals surface area contributed by atoms with Crippen LogP contribution in [0.15, 0.2) is 59.7 Å². The van der Waals surface area contributed by atoms with E-state index in [1.54, 1.807) is 42.2 Å². The number of carbonyl (C=O) groups excluding carboxylic acids is 2. The number of hydrogen-bond donors (Lipinski definition) is 2. The molecule has 1 atom stereocenters. The van der Waals surface area contributed by atoms with Gasteiger partial charge in [0.2, 0.25) is 5.91 Å². The highest BCUT2D eigenvalue weighted by atomic mass is 19.1. The zero-order valence-corrected chi connectivity index (χ0v) is 14.7. The molecule has 1 unspecified atom stereocenters. The molecule has 0 aliphatic carbocycles. The van der Waals surface area contributed by atoms with E-state index in [4.69, 9.17) is 4.42 Å². The van der Waals surface area contributed by atoms with E-state index >= 15 is 0 Å². The number of benzene rings is 1. The lowest BCUT2D eigenvalue weighted by Gasteiger charge is -2.19. The third-order valence-corrected chi connectivity index (χ3v) is 4.06. The number of rotatable bonds is 7. The van der Waals surface area contributed by atoms with E-state index in [0.29, 0.717) is 17.0 Å². The fourth-order valence-corrected chi connectivity index (χ4v) is 2.66. The number of imidazole rings is 1. The van der Waals surface area contributed by atoms with Crippen LogP contribution in [0.25, 0.3) is 0 Å². The summed E-state index contributed by atoms with van der Waals surface area (Å²) in [6.45, 7) is 0.139. The van der Waals surface area contributed by atoms with E-state index in [9.17, 15) is 14.0 Å². The van der Waals surface area contributed by atoms with Crippen LogP contribution in [0.3, 0.4) is 0 Å². The van der Waals surface area contributed by atoms with Gasteiger partial charge in [-0.05, 0) is 12.1 Å². The molecule has 3 aromatic rings. The Labute approximate surface area is 155 Å². The summed E-state index contributed by atoms with van der Waals surface area (Å²) < 4.78 is 20.8. The number of aromatic nitrogens is 2. The Morgan fingerprint density at radius 2 is 2.11 bits per heavy atom. The molecular weight excluding hydrogens is 351 g/mol.